The lowest BCUT2D eigenvalue weighted by atomic mass is 10.0. The highest BCUT2D eigenvalue weighted by Crippen LogP contribution is 2.31. The van der Waals surface area contributed by atoms with Gasteiger partial charge in [0.05, 0.1) is 12.2 Å². The Bertz CT molecular complexity index is 1220. The van der Waals surface area contributed by atoms with Gasteiger partial charge in [0.1, 0.15) is 11.6 Å². The molecular weight excluding hydrogens is 476 g/mol. The molecule has 1 saturated heterocycles. The van der Waals surface area contributed by atoms with E-state index in [1.165, 1.54) is 23.8 Å². The van der Waals surface area contributed by atoms with Gasteiger partial charge in [-0.2, -0.15) is 0 Å². The Kier molecular flexibility index (Phi) is 7.11. The Hall–Kier alpha value is -3.17. The third kappa shape index (κ3) is 5.03. The molecule has 2 aliphatic rings. The average Bonchev–Trinajstić information content (AvgIpc) is 2.88. The summed E-state index contributed by atoms with van der Waals surface area (Å²) in [6.45, 7) is 4.28. The fourth-order valence-electron chi connectivity index (χ4n) is 5.15. The highest BCUT2D eigenvalue weighted by atomic mass is 28.3. The molecule has 3 heterocycles. The van der Waals surface area contributed by atoms with Gasteiger partial charge in [-0.25, -0.2) is 18.7 Å². The second-order valence-corrected chi connectivity index (χ2v) is 12.4. The molecule has 1 amide bonds. The largest absolute Gasteiger partial charge is 0.350 e. The van der Waals surface area contributed by atoms with Crippen molar-refractivity contribution >= 4 is 20.3 Å². The number of aromatic nitrogens is 2. The van der Waals surface area contributed by atoms with Gasteiger partial charge in [0, 0.05) is 30.9 Å². The molecule has 1 aromatic heterocycles. The average molecular weight is 507 g/mol. The van der Waals surface area contributed by atoms with E-state index >= 15 is 0 Å². The maximum Gasteiger partial charge on any atom is 0.223 e. The van der Waals surface area contributed by atoms with Gasteiger partial charge in [0.25, 0.3) is 0 Å². The maximum atomic E-state index is 14.0. The SMILES string of the molecule is C[C@@H]1Cc2cnc(NCc3c(F)cccc3F)nc2CN1C(=O)[Si]1CCN(C)C[C@@H]1c1ccccc1. The quantitative estimate of drug-likeness (QED) is 0.514. The van der Waals surface area contributed by atoms with Crippen molar-refractivity contribution in [3.05, 3.63) is 88.7 Å². The minimum Gasteiger partial charge on any atom is -0.350 e. The molecule has 2 aliphatic heterocycles. The predicted molar refractivity (Wildman–Crippen MR) is 137 cm³/mol. The number of carbonyl (C=O) groups excluding carboxylic acids is 1. The van der Waals surface area contributed by atoms with Crippen LogP contribution < -0.4 is 5.32 Å². The van der Waals surface area contributed by atoms with Crippen LogP contribution in [0.25, 0.3) is 0 Å². The highest BCUT2D eigenvalue weighted by molar-refractivity contribution is 6.90. The molecule has 3 aromatic rings. The predicted octanol–water partition coefficient (Wildman–Crippen LogP) is 4.58. The fourth-order valence-corrected chi connectivity index (χ4v) is 8.43. The van der Waals surface area contributed by atoms with E-state index in [-0.39, 0.29) is 29.2 Å². The second-order valence-electron chi connectivity index (χ2n) is 9.71. The number of amides is 1. The van der Waals surface area contributed by atoms with Crippen molar-refractivity contribution in [2.75, 3.05) is 25.5 Å². The Balaban J connectivity index is 1.34. The first-order valence-electron chi connectivity index (χ1n) is 12.3. The van der Waals surface area contributed by atoms with Crippen LogP contribution in [0.1, 0.15) is 34.8 Å². The van der Waals surface area contributed by atoms with E-state index in [1.807, 2.05) is 23.1 Å². The summed E-state index contributed by atoms with van der Waals surface area (Å²) in [5.74, 6) is -0.921. The van der Waals surface area contributed by atoms with Gasteiger partial charge in [-0.1, -0.05) is 36.4 Å². The van der Waals surface area contributed by atoms with Crippen LogP contribution in [-0.2, 0) is 19.5 Å². The molecule has 187 valence electrons. The molecule has 0 unspecified atom stereocenters. The Labute approximate surface area is 212 Å². The van der Waals surface area contributed by atoms with Crippen LogP contribution in [0.5, 0.6) is 0 Å². The zero-order valence-electron chi connectivity index (χ0n) is 20.5. The van der Waals surface area contributed by atoms with Crippen LogP contribution in [0, 0.1) is 11.6 Å². The van der Waals surface area contributed by atoms with Gasteiger partial charge >= 0.3 is 0 Å². The van der Waals surface area contributed by atoms with Gasteiger partial charge in [0.2, 0.25) is 5.95 Å². The van der Waals surface area contributed by atoms with Crippen molar-refractivity contribution in [1.82, 2.24) is 19.8 Å². The molecule has 6 nitrogen and oxygen atoms in total. The number of anilines is 1. The monoisotopic (exact) mass is 506 g/mol. The van der Waals surface area contributed by atoms with Gasteiger partial charge in [0.15, 0.2) is 14.3 Å². The summed E-state index contributed by atoms with van der Waals surface area (Å²) in [6, 6.07) is 15.2. The van der Waals surface area contributed by atoms with E-state index in [1.54, 1.807) is 6.20 Å². The maximum absolute atomic E-state index is 14.0. The minimum atomic E-state index is -1.34. The first kappa shape index (κ1) is 24.5. The van der Waals surface area contributed by atoms with Crippen molar-refractivity contribution in [1.29, 1.82) is 0 Å². The van der Waals surface area contributed by atoms with Crippen LogP contribution >= 0.6 is 0 Å². The number of nitrogens with zero attached hydrogens (tertiary/aromatic N) is 4. The number of benzene rings is 2. The standard InChI is InChI=1S/C27H30F2N5OSi/c1-18-13-20-14-30-26(31-15-21-22(28)9-6-10-23(21)29)32-24(20)16-34(18)27(35)36-12-11-33(2)17-25(36)19-7-4-3-5-8-19/h3-10,14,18,25H,11-13,15-17H2,1-2H3,(H,30,31,32)/t18-,25-/m1/s1. The van der Waals surface area contributed by atoms with Crippen LogP contribution in [0.2, 0.25) is 6.04 Å². The van der Waals surface area contributed by atoms with Crippen molar-refractivity contribution in [2.45, 2.75) is 44.1 Å². The molecule has 36 heavy (non-hydrogen) atoms. The van der Waals surface area contributed by atoms with E-state index in [2.05, 4.69) is 46.3 Å². The molecule has 0 saturated carbocycles. The first-order valence-corrected chi connectivity index (χ1v) is 14.1. The zero-order valence-corrected chi connectivity index (χ0v) is 21.5. The lowest BCUT2D eigenvalue weighted by Gasteiger charge is -2.41. The molecule has 0 bridgehead atoms. The molecule has 1 radical (unpaired) electrons. The molecule has 1 fully saturated rings. The van der Waals surface area contributed by atoms with Crippen molar-refractivity contribution in [3.8, 4) is 0 Å². The Morgan fingerprint density at radius 1 is 1.14 bits per heavy atom. The number of hydrogen-bond acceptors (Lipinski definition) is 5. The van der Waals surface area contributed by atoms with E-state index in [0.29, 0.717) is 18.9 Å². The highest BCUT2D eigenvalue weighted by Gasteiger charge is 2.41. The summed E-state index contributed by atoms with van der Waals surface area (Å²) >= 11 is 0. The van der Waals surface area contributed by atoms with Gasteiger partial charge < -0.3 is 15.1 Å². The molecule has 9 heteroatoms. The minimum absolute atomic E-state index is 0.0529. The first-order chi connectivity index (χ1) is 17.4. The third-order valence-corrected chi connectivity index (χ3v) is 10.2. The summed E-state index contributed by atoms with van der Waals surface area (Å²) in [5.41, 5.74) is 3.50. The lowest BCUT2D eigenvalue weighted by molar-refractivity contribution is 0.187. The summed E-state index contributed by atoms with van der Waals surface area (Å²) in [7, 11) is 0.778. The number of hydrogen-bond donors (Lipinski definition) is 1. The fraction of sp³-hybridized carbons (Fsp3) is 0.370. The summed E-state index contributed by atoms with van der Waals surface area (Å²) in [4.78, 5) is 27.2. The van der Waals surface area contributed by atoms with Gasteiger partial charge in [-0.15, -0.1) is 0 Å². The normalized spacial score (nSPS) is 20.7. The molecule has 0 spiro atoms. The summed E-state index contributed by atoms with van der Waals surface area (Å²) in [6.07, 6.45) is 2.45. The molecule has 2 aromatic carbocycles. The second kappa shape index (κ2) is 10.4. The number of carbonyl (C=O) groups is 1. The zero-order chi connectivity index (χ0) is 25.2. The van der Waals surface area contributed by atoms with Crippen LogP contribution in [0.4, 0.5) is 19.5 Å². The van der Waals surface area contributed by atoms with E-state index < -0.39 is 20.4 Å². The molecular formula is C27H30F2N5OSi. The Morgan fingerprint density at radius 3 is 2.64 bits per heavy atom. The van der Waals surface area contributed by atoms with Crippen LogP contribution in [0.15, 0.2) is 54.7 Å². The van der Waals surface area contributed by atoms with E-state index in [9.17, 15) is 13.6 Å². The topological polar surface area (TPSA) is 61.4 Å². The van der Waals surface area contributed by atoms with Crippen molar-refractivity contribution < 1.29 is 13.6 Å². The number of nitrogens with one attached hydrogen (secondary N) is 1. The molecule has 1 N–H and O–H groups in total. The smallest absolute Gasteiger partial charge is 0.223 e. The van der Waals surface area contributed by atoms with Gasteiger partial charge in [-0.05, 0) is 61.8 Å². The van der Waals surface area contributed by atoms with Crippen LogP contribution in [0.3, 0.4) is 0 Å². The number of rotatable bonds is 5. The van der Waals surface area contributed by atoms with E-state index in [0.717, 1.165) is 30.4 Å². The van der Waals surface area contributed by atoms with Crippen molar-refractivity contribution in [3.63, 3.8) is 0 Å². The number of halogens is 2. The molecule has 0 aliphatic carbocycles. The summed E-state index contributed by atoms with van der Waals surface area (Å²) < 4.78 is 28.0. The number of fused-ring (bicyclic) bond motifs is 1. The van der Waals surface area contributed by atoms with Gasteiger partial charge in [-0.3, -0.25) is 4.79 Å². The Morgan fingerprint density at radius 2 is 1.89 bits per heavy atom. The van der Waals surface area contributed by atoms with E-state index in [4.69, 9.17) is 0 Å². The third-order valence-electron chi connectivity index (χ3n) is 7.22. The number of likely N-dealkylation sites (N-methyl/N-ethyl adjacent to an activating group) is 1. The molecule has 5 rings (SSSR count). The van der Waals surface area contributed by atoms with Crippen molar-refractivity contribution in [2.24, 2.45) is 0 Å². The molecule has 2 atom stereocenters. The summed E-state index contributed by atoms with van der Waals surface area (Å²) in [5, 5.41) is 2.94. The lowest BCUT2D eigenvalue weighted by Crippen LogP contribution is -2.54. The van der Waals surface area contributed by atoms with Crippen LogP contribution in [-0.4, -0.2) is 60.3 Å².